The van der Waals surface area contributed by atoms with E-state index in [0.29, 0.717) is 11.4 Å². The summed E-state index contributed by atoms with van der Waals surface area (Å²) in [6, 6.07) is 26.3. The number of nitrogen functional groups attached to an aromatic ring is 1. The first kappa shape index (κ1) is 19.4. The predicted molar refractivity (Wildman–Crippen MR) is 116 cm³/mol. The molecule has 7 nitrogen and oxygen atoms in total. The zero-order chi connectivity index (χ0) is 21.0. The van der Waals surface area contributed by atoms with Crippen molar-refractivity contribution in [3.05, 3.63) is 91.0 Å². The minimum absolute atomic E-state index is 0.0516. The number of hydrogen-bond acceptors (Lipinski definition) is 6. The molecule has 30 heavy (non-hydrogen) atoms. The Balaban J connectivity index is 1.75. The molecule has 0 saturated carbocycles. The van der Waals surface area contributed by atoms with Crippen LogP contribution in [0.25, 0.3) is 11.3 Å². The number of hydrogen-bond donors (Lipinski definition) is 2. The maximum atomic E-state index is 12.8. The molecule has 0 spiro atoms. The van der Waals surface area contributed by atoms with Crippen LogP contribution in [0.15, 0.2) is 95.9 Å². The van der Waals surface area contributed by atoms with E-state index in [2.05, 4.69) is 14.7 Å². The summed E-state index contributed by atoms with van der Waals surface area (Å²) in [5.41, 5.74) is 7.26. The van der Waals surface area contributed by atoms with Gasteiger partial charge in [0.05, 0.1) is 11.4 Å². The molecule has 3 N–H and O–H groups in total. The summed E-state index contributed by atoms with van der Waals surface area (Å²) < 4.78 is 33.9. The Bertz CT molecular complexity index is 1260. The van der Waals surface area contributed by atoms with Gasteiger partial charge in [0, 0.05) is 11.6 Å². The molecule has 0 bridgehead atoms. The van der Waals surface area contributed by atoms with Crippen molar-refractivity contribution >= 4 is 21.7 Å². The van der Waals surface area contributed by atoms with Crippen LogP contribution in [0, 0.1) is 0 Å². The van der Waals surface area contributed by atoms with Gasteiger partial charge < -0.3 is 10.5 Å². The first-order valence-electron chi connectivity index (χ1n) is 9.06. The van der Waals surface area contributed by atoms with Gasteiger partial charge in [-0.05, 0) is 24.3 Å². The normalized spacial score (nSPS) is 11.1. The highest BCUT2D eigenvalue weighted by Gasteiger charge is 2.20. The van der Waals surface area contributed by atoms with Gasteiger partial charge in [0.25, 0.3) is 10.0 Å². The third-order valence-electron chi connectivity index (χ3n) is 4.17. The minimum atomic E-state index is -3.99. The third kappa shape index (κ3) is 4.39. The molecule has 4 aromatic rings. The molecule has 0 fully saturated rings. The number of nitrogens with zero attached hydrogens (tertiary/aromatic N) is 2. The van der Waals surface area contributed by atoms with Crippen LogP contribution in [0.5, 0.6) is 11.6 Å². The second kappa shape index (κ2) is 8.22. The van der Waals surface area contributed by atoms with Gasteiger partial charge in [0.1, 0.15) is 10.6 Å². The Morgan fingerprint density at radius 2 is 1.43 bits per heavy atom. The number of anilines is 2. The van der Waals surface area contributed by atoms with Crippen molar-refractivity contribution in [2.24, 2.45) is 0 Å². The van der Waals surface area contributed by atoms with E-state index in [9.17, 15) is 8.42 Å². The summed E-state index contributed by atoms with van der Waals surface area (Å²) in [6.45, 7) is 0. The second-order valence-electron chi connectivity index (χ2n) is 6.34. The van der Waals surface area contributed by atoms with Crippen molar-refractivity contribution in [1.29, 1.82) is 0 Å². The summed E-state index contributed by atoms with van der Waals surface area (Å²) in [7, 11) is -3.99. The van der Waals surface area contributed by atoms with Gasteiger partial charge in [0.15, 0.2) is 0 Å². The molecule has 4 rings (SSSR count). The number of aromatic nitrogens is 2. The Hall–Kier alpha value is -3.91. The Morgan fingerprint density at radius 3 is 2.13 bits per heavy atom. The van der Waals surface area contributed by atoms with Crippen molar-refractivity contribution in [3.8, 4) is 22.9 Å². The molecule has 1 heterocycles. The largest absolute Gasteiger partial charge is 0.439 e. The van der Waals surface area contributed by atoms with Gasteiger partial charge >= 0.3 is 0 Å². The van der Waals surface area contributed by atoms with Gasteiger partial charge in [-0.15, -0.1) is 0 Å². The van der Waals surface area contributed by atoms with Crippen LogP contribution in [-0.2, 0) is 10.0 Å². The first-order valence-corrected chi connectivity index (χ1v) is 10.5. The zero-order valence-electron chi connectivity index (χ0n) is 15.8. The van der Waals surface area contributed by atoms with Gasteiger partial charge in [-0.3, -0.25) is 0 Å². The van der Waals surface area contributed by atoms with E-state index < -0.39 is 10.0 Å². The van der Waals surface area contributed by atoms with Crippen LogP contribution in [0.4, 0.5) is 11.6 Å². The van der Waals surface area contributed by atoms with Gasteiger partial charge in [-0.2, -0.15) is 4.98 Å². The second-order valence-corrected chi connectivity index (χ2v) is 7.99. The molecule has 0 saturated heterocycles. The fourth-order valence-corrected chi connectivity index (χ4v) is 3.87. The standard InChI is InChI=1S/C22H18N4O3S/c23-18-13-7-8-14-20(18)30(27,28)26-22-24-19(16-9-3-1-4-10-16)15-21(25-22)29-17-11-5-2-6-12-17/h1-15H,23H2,(H,24,25,26). The molecule has 0 amide bonds. The third-order valence-corrected chi connectivity index (χ3v) is 5.57. The van der Waals surface area contributed by atoms with E-state index in [1.807, 2.05) is 48.5 Å². The highest BCUT2D eigenvalue weighted by atomic mass is 32.2. The van der Waals surface area contributed by atoms with Crippen molar-refractivity contribution in [2.75, 3.05) is 10.5 Å². The van der Waals surface area contributed by atoms with E-state index in [4.69, 9.17) is 10.5 Å². The van der Waals surface area contributed by atoms with Crippen LogP contribution in [0.2, 0.25) is 0 Å². The minimum Gasteiger partial charge on any atom is -0.439 e. The van der Waals surface area contributed by atoms with Crippen molar-refractivity contribution in [1.82, 2.24) is 9.97 Å². The highest BCUT2D eigenvalue weighted by molar-refractivity contribution is 7.92. The fourth-order valence-electron chi connectivity index (χ4n) is 2.79. The molecular formula is C22H18N4O3S. The van der Waals surface area contributed by atoms with Gasteiger partial charge in [-0.1, -0.05) is 60.7 Å². The van der Waals surface area contributed by atoms with Gasteiger partial charge in [0.2, 0.25) is 11.8 Å². The van der Waals surface area contributed by atoms with Crippen LogP contribution in [0.3, 0.4) is 0 Å². The van der Waals surface area contributed by atoms with Crippen LogP contribution in [0.1, 0.15) is 0 Å². The number of nitrogens with one attached hydrogen (secondary N) is 1. The Labute approximate surface area is 174 Å². The molecule has 0 aliphatic heterocycles. The van der Waals surface area contributed by atoms with E-state index in [1.165, 1.54) is 12.1 Å². The molecule has 0 aliphatic rings. The van der Waals surface area contributed by atoms with Crippen LogP contribution in [-0.4, -0.2) is 18.4 Å². The SMILES string of the molecule is Nc1ccccc1S(=O)(=O)Nc1nc(Oc2ccccc2)cc(-c2ccccc2)n1. The maximum Gasteiger partial charge on any atom is 0.266 e. The molecule has 0 unspecified atom stereocenters. The predicted octanol–water partition coefficient (Wildman–Crippen LogP) is 4.32. The van der Waals surface area contributed by atoms with Crippen molar-refractivity contribution < 1.29 is 13.2 Å². The van der Waals surface area contributed by atoms with E-state index in [1.54, 1.807) is 30.3 Å². The summed E-state index contributed by atoms with van der Waals surface area (Å²) in [4.78, 5) is 8.54. The maximum absolute atomic E-state index is 12.8. The molecule has 0 radical (unpaired) electrons. The average Bonchev–Trinajstić information content (AvgIpc) is 2.75. The molecule has 8 heteroatoms. The molecule has 3 aromatic carbocycles. The molecular weight excluding hydrogens is 400 g/mol. The molecule has 150 valence electrons. The van der Waals surface area contributed by atoms with Crippen molar-refractivity contribution in [2.45, 2.75) is 4.90 Å². The Kier molecular flexibility index (Phi) is 5.32. The lowest BCUT2D eigenvalue weighted by molar-refractivity contribution is 0.463. The number of nitrogens with two attached hydrogens (primary N) is 1. The molecule has 0 aliphatic carbocycles. The smallest absolute Gasteiger partial charge is 0.266 e. The topological polar surface area (TPSA) is 107 Å². The quantitative estimate of drug-likeness (QED) is 0.452. The first-order chi connectivity index (χ1) is 14.5. The summed E-state index contributed by atoms with van der Waals surface area (Å²) in [5.74, 6) is 0.649. The van der Waals surface area contributed by atoms with E-state index >= 15 is 0 Å². The lowest BCUT2D eigenvalue weighted by Crippen LogP contribution is -2.17. The average molecular weight is 418 g/mol. The summed E-state index contributed by atoms with van der Waals surface area (Å²) >= 11 is 0. The monoisotopic (exact) mass is 418 g/mol. The highest BCUT2D eigenvalue weighted by Crippen LogP contribution is 2.27. The van der Waals surface area contributed by atoms with E-state index in [0.717, 1.165) is 5.56 Å². The zero-order valence-corrected chi connectivity index (χ0v) is 16.6. The summed E-state index contributed by atoms with van der Waals surface area (Å²) in [6.07, 6.45) is 0. The number of ether oxygens (including phenoxy) is 1. The lowest BCUT2D eigenvalue weighted by Gasteiger charge is -2.12. The number of sulfonamides is 1. The van der Waals surface area contributed by atoms with E-state index in [-0.39, 0.29) is 22.4 Å². The fraction of sp³-hybridized carbons (Fsp3) is 0. The van der Waals surface area contributed by atoms with Gasteiger partial charge in [-0.25, -0.2) is 18.1 Å². The summed E-state index contributed by atoms with van der Waals surface area (Å²) in [5, 5.41) is 0. The Morgan fingerprint density at radius 1 is 0.800 bits per heavy atom. The van der Waals surface area contributed by atoms with Crippen LogP contribution >= 0.6 is 0 Å². The van der Waals surface area contributed by atoms with Crippen molar-refractivity contribution in [3.63, 3.8) is 0 Å². The lowest BCUT2D eigenvalue weighted by atomic mass is 10.1. The number of para-hydroxylation sites is 2. The number of rotatable bonds is 6. The molecule has 1 aromatic heterocycles. The molecule has 0 atom stereocenters. The number of benzene rings is 3. The van der Waals surface area contributed by atoms with Crippen LogP contribution < -0.4 is 15.2 Å².